The minimum atomic E-state index is -2.58. The van der Waals surface area contributed by atoms with Crippen LogP contribution in [0.2, 0.25) is 5.02 Å². The van der Waals surface area contributed by atoms with Crippen molar-refractivity contribution in [2.45, 2.75) is 26.9 Å². The van der Waals surface area contributed by atoms with Crippen LogP contribution in [0.3, 0.4) is 0 Å². The molecule has 0 amide bonds. The standard InChI is InChI=1S/C32H32ClN5O3/c1-5-40-31-17-29-27(15-22(31)14-26(39)10-7-13-38(3)4)32(23(18-34)19-35-29)37-24-11-12-30(28(33)16-24)41-20-25-9-6-8-21(2)36-25/h6-12,15-17,19H,5,13-14,20H2,1-4H3,(H,35,37)/b10-7+/i5D2,6D,7D,8D,9D,10D,11D,12D,13D2,15D,16D,17D,19D. The molecular weight excluding hydrogens is 538 g/mol. The lowest BCUT2D eigenvalue weighted by Gasteiger charge is -2.16. The van der Waals surface area contributed by atoms with Crippen LogP contribution in [0, 0.1) is 18.3 Å². The van der Waals surface area contributed by atoms with Gasteiger partial charge in [-0.1, -0.05) is 23.7 Å². The molecule has 0 saturated carbocycles. The number of hydrogen-bond donors (Lipinski definition) is 1. The Hall–Kier alpha value is -4.45. The Morgan fingerprint density at radius 3 is 2.83 bits per heavy atom. The molecule has 4 rings (SSSR count). The van der Waals surface area contributed by atoms with Gasteiger partial charge < -0.3 is 19.7 Å². The number of nitriles is 1. The molecule has 4 aromatic rings. The number of halogens is 1. The van der Waals surface area contributed by atoms with Crippen LogP contribution in [-0.2, 0) is 17.8 Å². The second kappa shape index (κ2) is 13.8. The average Bonchev–Trinajstić information content (AvgIpc) is 3.12. The van der Waals surface area contributed by atoms with Gasteiger partial charge in [0.2, 0.25) is 0 Å². The van der Waals surface area contributed by atoms with Crippen molar-refractivity contribution in [2.75, 3.05) is 32.5 Å². The van der Waals surface area contributed by atoms with E-state index in [4.69, 9.17) is 40.3 Å². The van der Waals surface area contributed by atoms with Crippen LogP contribution in [0.5, 0.6) is 11.5 Å². The van der Waals surface area contributed by atoms with Gasteiger partial charge in [0, 0.05) is 50.2 Å². The van der Waals surface area contributed by atoms with Gasteiger partial charge in [0.15, 0.2) is 5.78 Å². The first-order valence-corrected chi connectivity index (χ1v) is 12.2. The van der Waals surface area contributed by atoms with Crippen LogP contribution < -0.4 is 14.8 Å². The number of anilines is 2. The van der Waals surface area contributed by atoms with E-state index >= 15 is 0 Å². The minimum Gasteiger partial charge on any atom is -0.494 e. The highest BCUT2D eigenvalue weighted by Crippen LogP contribution is 2.36. The summed E-state index contributed by atoms with van der Waals surface area (Å²) in [6.45, 7) is -3.25. The molecule has 0 aliphatic heterocycles. The topological polar surface area (TPSA) is 100 Å². The number of pyridine rings is 2. The van der Waals surface area contributed by atoms with Crippen LogP contribution in [0.4, 0.5) is 11.4 Å². The molecule has 2 aromatic carbocycles. The van der Waals surface area contributed by atoms with E-state index in [1.165, 1.54) is 21.0 Å². The van der Waals surface area contributed by atoms with Crippen LogP contribution in [-0.4, -0.2) is 47.8 Å². The number of carbonyl (C=O) groups excluding carboxylic acids is 1. The molecule has 41 heavy (non-hydrogen) atoms. The number of ether oxygens (including phenoxy) is 2. The molecule has 0 aliphatic carbocycles. The molecule has 0 radical (unpaired) electrons. The van der Waals surface area contributed by atoms with Crippen LogP contribution in [0.25, 0.3) is 10.9 Å². The minimum absolute atomic E-state index is 0.0875. The van der Waals surface area contributed by atoms with Crippen molar-refractivity contribution in [3.8, 4) is 17.6 Å². The summed E-state index contributed by atoms with van der Waals surface area (Å²) < 4.78 is 136. The third-order valence-corrected chi connectivity index (χ3v) is 5.29. The van der Waals surface area contributed by atoms with E-state index in [2.05, 4.69) is 15.3 Å². The first kappa shape index (κ1) is 15.5. The van der Waals surface area contributed by atoms with Crippen molar-refractivity contribution in [1.29, 1.82) is 5.26 Å². The highest BCUT2D eigenvalue weighted by atomic mass is 35.5. The lowest BCUT2D eigenvalue weighted by molar-refractivity contribution is -0.114. The largest absolute Gasteiger partial charge is 0.494 e. The number of allylic oxidation sites excluding steroid dienone is 1. The number of ketones is 1. The fourth-order valence-electron chi connectivity index (χ4n) is 3.32. The molecule has 0 fully saturated rings. The van der Waals surface area contributed by atoms with E-state index in [-0.39, 0.29) is 17.4 Å². The third kappa shape index (κ3) is 7.82. The summed E-state index contributed by atoms with van der Waals surface area (Å²) in [5, 5.41) is 11.7. The molecule has 9 heteroatoms. The van der Waals surface area contributed by atoms with Gasteiger partial charge in [0.1, 0.15) is 24.2 Å². The molecule has 2 aromatic heterocycles. The number of likely N-dealkylation sites (N-methyl/N-ethyl adjacent to an activating group) is 1. The number of nitrogens with zero attached hydrogens (tertiary/aromatic N) is 4. The molecule has 8 nitrogen and oxygen atoms in total. The smallest absolute Gasteiger partial charge is 0.159 e. The summed E-state index contributed by atoms with van der Waals surface area (Å²) in [6, 6.07) is -5.18. The molecule has 2 heterocycles. The van der Waals surface area contributed by atoms with Crippen molar-refractivity contribution in [2.24, 2.45) is 0 Å². The molecule has 0 atom stereocenters. The van der Waals surface area contributed by atoms with Gasteiger partial charge >= 0.3 is 0 Å². The zero-order valence-corrected chi connectivity index (χ0v) is 23.1. The number of aryl methyl sites for hydroxylation is 1. The predicted molar refractivity (Wildman–Crippen MR) is 162 cm³/mol. The normalized spacial score (nSPS) is 17.5. The monoisotopic (exact) mass is 584 g/mol. The van der Waals surface area contributed by atoms with E-state index in [0.717, 1.165) is 11.8 Å². The fourth-order valence-corrected chi connectivity index (χ4v) is 3.52. The second-order valence-electron chi connectivity index (χ2n) is 8.35. The van der Waals surface area contributed by atoms with Crippen molar-refractivity contribution >= 4 is 39.7 Å². The maximum absolute atomic E-state index is 13.4. The number of benzene rings is 2. The predicted octanol–water partition coefficient (Wildman–Crippen LogP) is 6.41. The van der Waals surface area contributed by atoms with E-state index in [1.54, 1.807) is 6.07 Å². The maximum atomic E-state index is 13.4. The molecule has 0 saturated heterocycles. The van der Waals surface area contributed by atoms with Gasteiger partial charge in [-0.15, -0.1) is 0 Å². The molecule has 0 spiro atoms. The van der Waals surface area contributed by atoms with Gasteiger partial charge in [-0.3, -0.25) is 14.8 Å². The van der Waals surface area contributed by atoms with E-state index in [1.807, 2.05) is 0 Å². The van der Waals surface area contributed by atoms with Crippen LogP contribution in [0.1, 0.15) is 50.0 Å². The Morgan fingerprint density at radius 2 is 2.07 bits per heavy atom. The van der Waals surface area contributed by atoms with Crippen molar-refractivity contribution < 1.29 is 34.8 Å². The summed E-state index contributed by atoms with van der Waals surface area (Å²) in [6.07, 6.45) is -1.79. The zero-order chi connectivity index (χ0) is 42.5. The molecular formula is C32H32ClN5O3. The lowest BCUT2D eigenvalue weighted by atomic mass is 10.0. The van der Waals surface area contributed by atoms with Crippen LogP contribution in [0.15, 0.2) is 66.6 Å². The lowest BCUT2D eigenvalue weighted by Crippen LogP contribution is -2.11. The molecule has 1 N–H and O–H groups in total. The SMILES string of the molecule is [2H]/C(C(=O)Cc1c(OC([2H])([2H])C)c([2H])c2nc([2H])c(C#N)c(Nc3c([2H])c([2H])c(OCc4nc(C)c([2H])c([2H])c4[2H])c(Cl)c3[2H])c2c1[2H])=C(/[2H])C([2H])([2H])N(C)C. The first-order valence-electron chi connectivity index (χ1n) is 19.3. The van der Waals surface area contributed by atoms with E-state index in [0.29, 0.717) is 0 Å². The maximum Gasteiger partial charge on any atom is 0.159 e. The third-order valence-electron chi connectivity index (χ3n) is 5.02. The number of aromatic nitrogens is 2. The first-order chi connectivity index (χ1) is 25.8. The Morgan fingerprint density at radius 1 is 1.24 bits per heavy atom. The Bertz CT molecular complexity index is 2350. The Balaban J connectivity index is 1.96. The van der Waals surface area contributed by atoms with Gasteiger partial charge in [-0.2, -0.15) is 5.26 Å². The fraction of sp³-hybridized carbons (Fsp3) is 0.250. The van der Waals surface area contributed by atoms with Gasteiger partial charge in [-0.25, -0.2) is 0 Å². The van der Waals surface area contributed by atoms with Gasteiger partial charge in [0.25, 0.3) is 0 Å². The average molecular weight is 585 g/mol. The molecule has 210 valence electrons. The molecule has 0 bridgehead atoms. The summed E-state index contributed by atoms with van der Waals surface area (Å²) >= 11 is 6.46. The summed E-state index contributed by atoms with van der Waals surface area (Å²) in [5.41, 5.74) is -2.67. The number of rotatable bonds is 12. The van der Waals surface area contributed by atoms with Crippen molar-refractivity contribution in [3.63, 3.8) is 0 Å². The van der Waals surface area contributed by atoms with Gasteiger partial charge in [-0.05, 0) is 70.2 Å². The number of carbonyl (C=O) groups is 1. The second-order valence-corrected chi connectivity index (χ2v) is 8.73. The van der Waals surface area contributed by atoms with Crippen LogP contribution >= 0.6 is 11.6 Å². The highest BCUT2D eigenvalue weighted by molar-refractivity contribution is 6.32. The van der Waals surface area contributed by atoms with E-state index in [9.17, 15) is 11.4 Å². The van der Waals surface area contributed by atoms with Gasteiger partial charge in [0.05, 0.1) is 51.9 Å². The Labute approximate surface area is 266 Å². The molecule has 0 unspecified atom stereocenters. The quantitative estimate of drug-likeness (QED) is 0.191. The number of nitrogens with one attached hydrogen (secondary N) is 1. The van der Waals surface area contributed by atoms with Crippen molar-refractivity contribution in [1.82, 2.24) is 14.9 Å². The summed E-state index contributed by atoms with van der Waals surface area (Å²) in [5.74, 6) is -2.43. The zero-order valence-electron chi connectivity index (χ0n) is 37.3. The van der Waals surface area contributed by atoms with E-state index < -0.39 is 142 Å². The number of hydrogen-bond acceptors (Lipinski definition) is 8. The Kier molecular flexibility index (Phi) is 5.21. The highest BCUT2D eigenvalue weighted by Gasteiger charge is 2.16. The summed E-state index contributed by atoms with van der Waals surface area (Å²) in [4.78, 5) is 22.4. The summed E-state index contributed by atoms with van der Waals surface area (Å²) in [7, 11) is 2.55. The number of fused-ring (bicyclic) bond motifs is 1. The molecule has 0 aliphatic rings. The van der Waals surface area contributed by atoms with Crippen molar-refractivity contribution in [3.05, 3.63) is 94.2 Å².